The van der Waals surface area contributed by atoms with E-state index in [0.29, 0.717) is 16.0 Å². The zero-order valence-corrected chi connectivity index (χ0v) is 18.4. The second-order valence-corrected chi connectivity index (χ2v) is 8.26. The van der Waals surface area contributed by atoms with Crippen molar-refractivity contribution in [2.45, 2.75) is 26.4 Å². The molecule has 158 valence electrons. The van der Waals surface area contributed by atoms with Crippen LogP contribution in [0, 0.1) is 6.92 Å². The summed E-state index contributed by atoms with van der Waals surface area (Å²) in [6, 6.07) is 15.3. The molecule has 2 aromatic carbocycles. The van der Waals surface area contributed by atoms with Crippen molar-refractivity contribution >= 4 is 27.5 Å². The van der Waals surface area contributed by atoms with Crippen LogP contribution in [-0.4, -0.2) is 22.6 Å². The van der Waals surface area contributed by atoms with E-state index in [1.54, 1.807) is 7.11 Å². The van der Waals surface area contributed by atoms with Gasteiger partial charge in [-0.15, -0.1) is 11.3 Å². The number of nitrogens with zero attached hydrogens (tertiary/aromatic N) is 2. The molecule has 0 radical (unpaired) electrons. The third-order valence-electron chi connectivity index (χ3n) is 5.22. The summed E-state index contributed by atoms with van der Waals surface area (Å²) >= 11 is 1.43. The first kappa shape index (κ1) is 20.8. The Kier molecular flexibility index (Phi) is 5.86. The van der Waals surface area contributed by atoms with Gasteiger partial charge in [-0.2, -0.15) is 0 Å². The van der Waals surface area contributed by atoms with Gasteiger partial charge in [-0.05, 0) is 25.5 Å². The molecule has 0 saturated heterocycles. The number of fused-ring (bicyclic) bond motifs is 1. The van der Waals surface area contributed by atoms with Crippen molar-refractivity contribution in [3.05, 3.63) is 81.7 Å². The molecule has 31 heavy (non-hydrogen) atoms. The van der Waals surface area contributed by atoms with Crippen LogP contribution >= 0.6 is 11.3 Å². The summed E-state index contributed by atoms with van der Waals surface area (Å²) in [4.78, 5) is 30.9. The third-order valence-corrected chi connectivity index (χ3v) is 6.11. The molecular weight excluding hydrogens is 410 g/mol. The smallest absolute Gasteiger partial charge is 0.263 e. The lowest BCUT2D eigenvalue weighted by atomic mass is 10.1. The van der Waals surface area contributed by atoms with Crippen LogP contribution in [0.1, 0.15) is 24.1 Å². The number of thiophene rings is 1. The van der Waals surface area contributed by atoms with Gasteiger partial charge in [0.1, 0.15) is 17.1 Å². The van der Waals surface area contributed by atoms with Crippen LogP contribution < -0.4 is 15.6 Å². The van der Waals surface area contributed by atoms with Crippen molar-refractivity contribution in [2.75, 3.05) is 7.11 Å². The van der Waals surface area contributed by atoms with Gasteiger partial charge < -0.3 is 10.1 Å². The molecule has 0 spiro atoms. The lowest BCUT2D eigenvalue weighted by Gasteiger charge is -2.17. The van der Waals surface area contributed by atoms with Crippen LogP contribution in [0.2, 0.25) is 0 Å². The zero-order valence-electron chi connectivity index (χ0n) is 17.6. The fraction of sp³-hybridized carbons (Fsp3) is 0.208. The minimum Gasteiger partial charge on any atom is -0.496 e. The van der Waals surface area contributed by atoms with Crippen molar-refractivity contribution in [1.82, 2.24) is 14.9 Å². The second kappa shape index (κ2) is 8.73. The summed E-state index contributed by atoms with van der Waals surface area (Å²) in [6.07, 6.45) is 1.44. The monoisotopic (exact) mass is 433 g/mol. The lowest BCUT2D eigenvalue weighted by molar-refractivity contribution is -0.122. The first-order valence-electron chi connectivity index (χ1n) is 9.94. The number of methoxy groups -OCH3 is 1. The van der Waals surface area contributed by atoms with E-state index in [9.17, 15) is 9.59 Å². The number of carbonyl (C=O) groups excluding carboxylic acids is 1. The number of benzene rings is 2. The van der Waals surface area contributed by atoms with Gasteiger partial charge in [-0.25, -0.2) is 4.98 Å². The lowest BCUT2D eigenvalue weighted by Crippen LogP contribution is -2.34. The largest absolute Gasteiger partial charge is 0.496 e. The van der Waals surface area contributed by atoms with E-state index in [2.05, 4.69) is 10.3 Å². The van der Waals surface area contributed by atoms with E-state index in [1.165, 1.54) is 22.2 Å². The Morgan fingerprint density at radius 2 is 1.94 bits per heavy atom. The molecule has 0 bridgehead atoms. The molecule has 1 N–H and O–H groups in total. The summed E-state index contributed by atoms with van der Waals surface area (Å²) in [5.41, 5.74) is 3.61. The molecule has 6 nitrogen and oxygen atoms in total. The van der Waals surface area contributed by atoms with E-state index >= 15 is 0 Å². The van der Waals surface area contributed by atoms with Crippen molar-refractivity contribution in [1.29, 1.82) is 0 Å². The first-order valence-corrected chi connectivity index (χ1v) is 10.8. The molecule has 1 amide bonds. The van der Waals surface area contributed by atoms with E-state index in [0.717, 1.165) is 22.3 Å². The number of ether oxygens (including phenoxy) is 1. The SMILES string of the molecule is COc1ccccc1[C@@H](C)NC(=O)Cn1cnc2scc(-c3ccc(C)cc3)c2c1=O. The van der Waals surface area contributed by atoms with Crippen molar-refractivity contribution in [3.8, 4) is 16.9 Å². The summed E-state index contributed by atoms with van der Waals surface area (Å²) in [5, 5.41) is 5.42. The third kappa shape index (κ3) is 4.22. The maximum atomic E-state index is 13.2. The van der Waals surface area contributed by atoms with E-state index in [4.69, 9.17) is 4.74 Å². The highest BCUT2D eigenvalue weighted by Crippen LogP contribution is 2.30. The van der Waals surface area contributed by atoms with Crippen LogP contribution in [0.15, 0.2) is 65.0 Å². The van der Waals surface area contributed by atoms with Gasteiger partial charge in [-0.1, -0.05) is 48.0 Å². The average molecular weight is 434 g/mol. The van der Waals surface area contributed by atoms with E-state index in [-0.39, 0.29) is 24.1 Å². The molecule has 4 aromatic rings. The summed E-state index contributed by atoms with van der Waals surface area (Å²) in [5.74, 6) is 0.435. The van der Waals surface area contributed by atoms with Gasteiger partial charge in [0, 0.05) is 16.5 Å². The van der Waals surface area contributed by atoms with E-state index < -0.39 is 0 Å². The molecule has 0 fully saturated rings. The Morgan fingerprint density at radius 3 is 2.68 bits per heavy atom. The number of amides is 1. The molecule has 1 atom stereocenters. The molecule has 0 aliphatic carbocycles. The Labute approximate surface area is 184 Å². The van der Waals surface area contributed by atoms with Gasteiger partial charge in [0.25, 0.3) is 5.56 Å². The average Bonchev–Trinajstić information content (AvgIpc) is 3.21. The predicted molar refractivity (Wildman–Crippen MR) is 124 cm³/mol. The minimum atomic E-state index is -0.270. The summed E-state index contributed by atoms with van der Waals surface area (Å²) in [7, 11) is 1.60. The van der Waals surface area contributed by atoms with Gasteiger partial charge in [0.15, 0.2) is 0 Å². The van der Waals surface area contributed by atoms with Crippen molar-refractivity contribution < 1.29 is 9.53 Å². The highest BCUT2D eigenvalue weighted by molar-refractivity contribution is 7.17. The predicted octanol–water partition coefficient (Wildman–Crippen LogP) is 4.32. The number of aryl methyl sites for hydroxylation is 1. The Morgan fingerprint density at radius 1 is 1.19 bits per heavy atom. The van der Waals surface area contributed by atoms with Crippen LogP contribution in [-0.2, 0) is 11.3 Å². The number of hydrogen-bond donors (Lipinski definition) is 1. The summed E-state index contributed by atoms with van der Waals surface area (Å²) < 4.78 is 6.73. The molecule has 0 aliphatic rings. The van der Waals surface area contributed by atoms with Crippen molar-refractivity contribution in [2.24, 2.45) is 0 Å². The molecule has 2 heterocycles. The number of nitrogens with one attached hydrogen (secondary N) is 1. The number of para-hydroxylation sites is 1. The molecule has 2 aromatic heterocycles. The maximum Gasteiger partial charge on any atom is 0.263 e. The normalized spacial score (nSPS) is 12.0. The standard InChI is InChI=1S/C24H23N3O3S/c1-15-8-10-17(11-9-15)19-13-31-23-22(19)24(29)27(14-25-23)12-21(28)26-16(2)18-6-4-5-7-20(18)30-3/h4-11,13-14,16H,12H2,1-3H3,(H,26,28)/t16-/m1/s1. The summed E-state index contributed by atoms with van der Waals surface area (Å²) in [6.45, 7) is 3.80. The van der Waals surface area contributed by atoms with Crippen molar-refractivity contribution in [3.63, 3.8) is 0 Å². The van der Waals surface area contributed by atoms with E-state index in [1.807, 2.05) is 67.8 Å². The Bertz CT molecular complexity index is 1290. The van der Waals surface area contributed by atoms with Gasteiger partial charge >= 0.3 is 0 Å². The van der Waals surface area contributed by atoms with Gasteiger partial charge in [0.05, 0.1) is 24.9 Å². The molecule has 4 rings (SSSR count). The zero-order chi connectivity index (χ0) is 22.0. The highest BCUT2D eigenvalue weighted by atomic mass is 32.1. The minimum absolute atomic E-state index is 0.107. The fourth-order valence-electron chi connectivity index (χ4n) is 3.57. The molecular formula is C24H23N3O3S. The number of carbonyl (C=O) groups is 1. The highest BCUT2D eigenvalue weighted by Gasteiger charge is 2.17. The second-order valence-electron chi connectivity index (χ2n) is 7.40. The van der Waals surface area contributed by atoms with Crippen LogP contribution in [0.4, 0.5) is 0 Å². The molecule has 0 aliphatic heterocycles. The molecule has 0 saturated carbocycles. The first-order chi connectivity index (χ1) is 15.0. The van der Waals surface area contributed by atoms with Crippen LogP contribution in [0.25, 0.3) is 21.3 Å². The fourth-order valence-corrected chi connectivity index (χ4v) is 4.48. The Balaban J connectivity index is 1.59. The molecule has 0 unspecified atom stereocenters. The van der Waals surface area contributed by atoms with Crippen LogP contribution in [0.5, 0.6) is 5.75 Å². The number of rotatable bonds is 6. The van der Waals surface area contributed by atoms with Crippen LogP contribution in [0.3, 0.4) is 0 Å². The number of aromatic nitrogens is 2. The maximum absolute atomic E-state index is 13.2. The number of hydrogen-bond acceptors (Lipinski definition) is 5. The van der Waals surface area contributed by atoms with Gasteiger partial charge in [-0.3, -0.25) is 14.2 Å². The van der Waals surface area contributed by atoms with Gasteiger partial charge in [0.2, 0.25) is 5.91 Å². The Hall–Kier alpha value is -3.45. The molecule has 7 heteroatoms. The topological polar surface area (TPSA) is 73.2 Å². The quantitative estimate of drug-likeness (QED) is 0.492.